The molecule has 1 fully saturated rings. The van der Waals surface area contributed by atoms with Crippen molar-refractivity contribution in [3.8, 4) is 12.1 Å². The van der Waals surface area contributed by atoms with Gasteiger partial charge in [-0.15, -0.1) is 0 Å². The summed E-state index contributed by atoms with van der Waals surface area (Å²) in [6, 6.07) is 14.2. The molecule has 3 atom stereocenters. The Morgan fingerprint density at radius 3 is 2.08 bits per heavy atom. The molecule has 130 valence electrons. The SMILES string of the molecule is CCOC1(OCC)N=C(N)[C@@]2(C#N)[C@@](CC)(c3ccccc3)[C@@]12C#N. The second-order valence-corrected chi connectivity index (χ2v) is 6.29. The number of benzene rings is 1. The largest absolute Gasteiger partial charge is 0.386 e. The van der Waals surface area contributed by atoms with Crippen molar-refractivity contribution in [1.82, 2.24) is 0 Å². The first-order valence-corrected chi connectivity index (χ1v) is 8.55. The smallest absolute Gasteiger partial charge is 0.293 e. The molecule has 0 bridgehead atoms. The zero-order chi connectivity index (χ0) is 18.3. The lowest BCUT2D eigenvalue weighted by Crippen LogP contribution is -2.46. The summed E-state index contributed by atoms with van der Waals surface area (Å²) < 4.78 is 11.8. The predicted molar refractivity (Wildman–Crippen MR) is 92.1 cm³/mol. The van der Waals surface area contributed by atoms with Gasteiger partial charge in [-0.2, -0.15) is 10.5 Å². The molecule has 0 aromatic heterocycles. The lowest BCUT2D eigenvalue weighted by Gasteiger charge is -2.35. The van der Waals surface area contributed by atoms with Crippen molar-refractivity contribution in [2.45, 2.75) is 38.5 Å². The fourth-order valence-electron chi connectivity index (χ4n) is 4.96. The Labute approximate surface area is 147 Å². The molecule has 25 heavy (non-hydrogen) atoms. The molecule has 1 aliphatic carbocycles. The van der Waals surface area contributed by atoms with Gasteiger partial charge in [-0.05, 0) is 25.8 Å². The molecule has 0 radical (unpaired) electrons. The minimum absolute atomic E-state index is 0.115. The third-order valence-corrected chi connectivity index (χ3v) is 5.72. The van der Waals surface area contributed by atoms with Gasteiger partial charge in [-0.3, -0.25) is 0 Å². The van der Waals surface area contributed by atoms with Gasteiger partial charge >= 0.3 is 0 Å². The van der Waals surface area contributed by atoms with Crippen LogP contribution in [0.2, 0.25) is 0 Å². The van der Waals surface area contributed by atoms with E-state index in [0.29, 0.717) is 6.42 Å². The number of nitrogens with zero attached hydrogens (tertiary/aromatic N) is 3. The lowest BCUT2D eigenvalue weighted by molar-refractivity contribution is -0.258. The lowest BCUT2D eigenvalue weighted by atomic mass is 9.80. The van der Waals surface area contributed by atoms with E-state index in [-0.39, 0.29) is 19.0 Å². The number of amidine groups is 1. The number of aliphatic imine (C=N–C) groups is 1. The third kappa shape index (κ3) is 1.53. The third-order valence-electron chi connectivity index (χ3n) is 5.72. The maximum Gasteiger partial charge on any atom is 0.293 e. The van der Waals surface area contributed by atoms with Crippen LogP contribution in [0, 0.1) is 33.5 Å². The quantitative estimate of drug-likeness (QED) is 0.802. The molecule has 0 spiro atoms. The first-order chi connectivity index (χ1) is 12.0. The van der Waals surface area contributed by atoms with Crippen LogP contribution < -0.4 is 5.73 Å². The van der Waals surface area contributed by atoms with Crippen LogP contribution in [0.3, 0.4) is 0 Å². The molecule has 0 amide bonds. The number of hydrogen-bond acceptors (Lipinski definition) is 6. The highest BCUT2D eigenvalue weighted by Crippen LogP contribution is 2.86. The van der Waals surface area contributed by atoms with E-state index in [1.165, 1.54) is 0 Å². The molecule has 6 nitrogen and oxygen atoms in total. The van der Waals surface area contributed by atoms with Gasteiger partial charge in [0.1, 0.15) is 5.84 Å². The van der Waals surface area contributed by atoms with Crippen LogP contribution in [0.4, 0.5) is 0 Å². The molecule has 2 aliphatic rings. The number of ether oxygens (including phenoxy) is 2. The van der Waals surface area contributed by atoms with Crippen molar-refractivity contribution >= 4 is 5.84 Å². The van der Waals surface area contributed by atoms with E-state index in [4.69, 9.17) is 15.2 Å². The average Bonchev–Trinajstić information content (AvgIpc) is 3.14. The first-order valence-electron chi connectivity index (χ1n) is 8.55. The zero-order valence-corrected chi connectivity index (χ0v) is 14.7. The van der Waals surface area contributed by atoms with Crippen LogP contribution in [-0.4, -0.2) is 25.0 Å². The van der Waals surface area contributed by atoms with Crippen LogP contribution in [0.5, 0.6) is 0 Å². The first kappa shape index (κ1) is 17.4. The van der Waals surface area contributed by atoms with Crippen molar-refractivity contribution in [3.05, 3.63) is 35.9 Å². The molecule has 1 saturated carbocycles. The van der Waals surface area contributed by atoms with Crippen LogP contribution in [0.15, 0.2) is 35.3 Å². The van der Waals surface area contributed by atoms with E-state index in [2.05, 4.69) is 17.1 Å². The highest BCUT2D eigenvalue weighted by molar-refractivity contribution is 6.02. The van der Waals surface area contributed by atoms with Crippen molar-refractivity contribution < 1.29 is 9.47 Å². The maximum atomic E-state index is 10.3. The number of fused-ring (bicyclic) bond motifs is 1. The van der Waals surface area contributed by atoms with Gasteiger partial charge < -0.3 is 15.2 Å². The van der Waals surface area contributed by atoms with E-state index in [1.54, 1.807) is 0 Å². The minimum Gasteiger partial charge on any atom is -0.386 e. The molecule has 6 heteroatoms. The molecule has 3 rings (SSSR count). The second kappa shape index (κ2) is 5.56. The predicted octanol–water partition coefficient (Wildman–Crippen LogP) is 2.47. The minimum atomic E-state index is -1.57. The van der Waals surface area contributed by atoms with Gasteiger partial charge in [-0.1, -0.05) is 37.3 Å². The summed E-state index contributed by atoms with van der Waals surface area (Å²) in [7, 11) is 0. The standard InChI is InChI=1S/C19H22N4O2/c1-4-16(14-10-8-7-9-11-14)17(12-20)15(22)23-19(24-5-2,25-6-3)18(16,17)13-21/h7-11H,4-6H2,1-3H3,(H2,22,23)/t16-,17+,18-/m1/s1. The topological polar surface area (TPSA) is 104 Å². The second-order valence-electron chi connectivity index (χ2n) is 6.29. The molecule has 0 unspecified atom stereocenters. The highest BCUT2D eigenvalue weighted by atomic mass is 16.7. The summed E-state index contributed by atoms with van der Waals surface area (Å²) in [4.78, 5) is 4.39. The molecule has 0 saturated heterocycles. The van der Waals surface area contributed by atoms with Crippen molar-refractivity contribution in [3.63, 3.8) is 0 Å². The highest BCUT2D eigenvalue weighted by Gasteiger charge is 3.00. The Hall–Kier alpha value is -2.41. The van der Waals surface area contributed by atoms with Gasteiger partial charge in [0.2, 0.25) is 0 Å². The van der Waals surface area contributed by atoms with E-state index >= 15 is 0 Å². The van der Waals surface area contributed by atoms with Gasteiger partial charge in [0.05, 0.1) is 17.6 Å². The molecular weight excluding hydrogens is 316 g/mol. The Morgan fingerprint density at radius 1 is 1.04 bits per heavy atom. The average molecular weight is 338 g/mol. The Kier molecular flexibility index (Phi) is 3.87. The number of rotatable bonds is 6. The van der Waals surface area contributed by atoms with Crippen LogP contribution in [0.25, 0.3) is 0 Å². The zero-order valence-electron chi connectivity index (χ0n) is 14.7. The van der Waals surface area contributed by atoms with Gasteiger partial charge in [0, 0.05) is 13.2 Å². The normalized spacial score (nSPS) is 34.5. The molecule has 1 aromatic rings. The van der Waals surface area contributed by atoms with Crippen LogP contribution in [-0.2, 0) is 14.9 Å². The van der Waals surface area contributed by atoms with Gasteiger partial charge in [0.25, 0.3) is 5.91 Å². The summed E-state index contributed by atoms with van der Waals surface area (Å²) in [6.45, 7) is 6.15. The Balaban J connectivity index is 2.36. The monoisotopic (exact) mass is 338 g/mol. The molecular formula is C19H22N4O2. The summed E-state index contributed by atoms with van der Waals surface area (Å²) in [5.41, 5.74) is 3.72. The van der Waals surface area contributed by atoms with Gasteiger partial charge in [-0.25, -0.2) is 4.99 Å². The maximum absolute atomic E-state index is 10.3. The molecule has 1 heterocycles. The fourth-order valence-corrected chi connectivity index (χ4v) is 4.96. The number of nitriles is 2. The molecule has 2 N–H and O–H groups in total. The fraction of sp³-hybridized carbons (Fsp3) is 0.526. The number of nitrogens with two attached hydrogens (primary N) is 1. The van der Waals surface area contributed by atoms with Crippen molar-refractivity contribution in [1.29, 1.82) is 10.5 Å². The summed E-state index contributed by atoms with van der Waals surface area (Å²) in [5.74, 6) is -1.46. The van der Waals surface area contributed by atoms with E-state index in [0.717, 1.165) is 5.56 Å². The van der Waals surface area contributed by atoms with Crippen molar-refractivity contribution in [2.75, 3.05) is 13.2 Å². The van der Waals surface area contributed by atoms with Gasteiger partial charge in [0.15, 0.2) is 10.8 Å². The van der Waals surface area contributed by atoms with Crippen LogP contribution in [0.1, 0.15) is 32.8 Å². The molecule has 1 aromatic carbocycles. The summed E-state index contributed by atoms with van der Waals surface area (Å²) in [5, 5.41) is 20.5. The van der Waals surface area contributed by atoms with E-state index in [1.807, 2.05) is 51.1 Å². The van der Waals surface area contributed by atoms with E-state index in [9.17, 15) is 10.5 Å². The van der Waals surface area contributed by atoms with Crippen LogP contribution >= 0.6 is 0 Å². The number of hydrogen-bond donors (Lipinski definition) is 1. The van der Waals surface area contributed by atoms with Crippen molar-refractivity contribution in [2.24, 2.45) is 21.6 Å². The Morgan fingerprint density at radius 2 is 1.64 bits per heavy atom. The van der Waals surface area contributed by atoms with E-state index < -0.39 is 22.2 Å². The Bertz CT molecular complexity index is 788. The summed E-state index contributed by atoms with van der Waals surface area (Å²) >= 11 is 0. The summed E-state index contributed by atoms with van der Waals surface area (Å²) in [6.07, 6.45) is 0.538. The molecule has 1 aliphatic heterocycles.